The Morgan fingerprint density at radius 3 is 2.54 bits per heavy atom. The van der Waals surface area contributed by atoms with Gasteiger partial charge in [0.25, 0.3) is 0 Å². The van der Waals surface area contributed by atoms with E-state index in [1.165, 1.54) is 5.56 Å². The highest BCUT2D eigenvalue weighted by Gasteiger charge is 2.26. The van der Waals surface area contributed by atoms with Crippen molar-refractivity contribution in [3.8, 4) is 11.5 Å². The molecule has 2 aromatic rings. The van der Waals surface area contributed by atoms with E-state index < -0.39 is 0 Å². The van der Waals surface area contributed by atoms with E-state index in [9.17, 15) is 5.11 Å². The van der Waals surface area contributed by atoms with Gasteiger partial charge in [0.2, 0.25) is 0 Å². The van der Waals surface area contributed by atoms with Gasteiger partial charge in [-0.2, -0.15) is 5.10 Å². The molecule has 154 valence electrons. The average molecular weight is 389 g/mol. The summed E-state index contributed by atoms with van der Waals surface area (Å²) in [6, 6.07) is 8.33. The van der Waals surface area contributed by atoms with Crippen molar-refractivity contribution in [1.82, 2.24) is 19.6 Å². The average Bonchev–Trinajstić information content (AvgIpc) is 3.23. The predicted octanol–water partition coefficient (Wildman–Crippen LogP) is 1.86. The maximum Gasteiger partial charge on any atom is 0.122 e. The molecule has 0 amide bonds. The monoisotopic (exact) mass is 388 g/mol. The molecule has 0 aliphatic carbocycles. The third-order valence-electron chi connectivity index (χ3n) is 5.37. The Balaban J connectivity index is 1.56. The van der Waals surface area contributed by atoms with Gasteiger partial charge < -0.3 is 19.5 Å². The van der Waals surface area contributed by atoms with E-state index in [0.717, 1.165) is 63.6 Å². The zero-order chi connectivity index (χ0) is 19.8. The van der Waals surface area contributed by atoms with E-state index in [0.29, 0.717) is 6.04 Å². The number of nitrogens with zero attached hydrogens (tertiary/aromatic N) is 4. The fraction of sp³-hybridized carbons (Fsp3) is 0.571. The Morgan fingerprint density at radius 1 is 1.11 bits per heavy atom. The predicted molar refractivity (Wildman–Crippen MR) is 109 cm³/mol. The van der Waals surface area contributed by atoms with Crippen molar-refractivity contribution in [2.45, 2.75) is 32.0 Å². The van der Waals surface area contributed by atoms with Gasteiger partial charge in [-0.25, -0.2) is 0 Å². The highest BCUT2D eigenvalue weighted by atomic mass is 16.5. The lowest BCUT2D eigenvalue weighted by Crippen LogP contribution is -2.53. The molecule has 0 radical (unpaired) electrons. The number of ether oxygens (including phenoxy) is 2. The van der Waals surface area contributed by atoms with E-state index in [-0.39, 0.29) is 6.61 Å². The molecule has 1 aliphatic rings. The van der Waals surface area contributed by atoms with Crippen LogP contribution in [0.1, 0.15) is 18.4 Å². The van der Waals surface area contributed by atoms with Gasteiger partial charge >= 0.3 is 0 Å². The Hall–Kier alpha value is -2.09. The number of methoxy groups -OCH3 is 2. The minimum absolute atomic E-state index is 0.212. The van der Waals surface area contributed by atoms with Crippen molar-refractivity contribution in [3.63, 3.8) is 0 Å². The van der Waals surface area contributed by atoms with Crippen LogP contribution in [0.25, 0.3) is 0 Å². The molecule has 1 N–H and O–H groups in total. The van der Waals surface area contributed by atoms with Crippen LogP contribution < -0.4 is 9.47 Å². The van der Waals surface area contributed by atoms with E-state index in [4.69, 9.17) is 9.47 Å². The lowest BCUT2D eigenvalue weighted by molar-refractivity contribution is 0.0525. The van der Waals surface area contributed by atoms with Crippen LogP contribution in [0.5, 0.6) is 11.5 Å². The summed E-state index contributed by atoms with van der Waals surface area (Å²) in [6.45, 7) is 6.07. The number of aliphatic hydroxyl groups is 1. The quantitative estimate of drug-likeness (QED) is 0.670. The fourth-order valence-electron chi connectivity index (χ4n) is 3.87. The van der Waals surface area contributed by atoms with Gasteiger partial charge in [-0.15, -0.1) is 0 Å². The van der Waals surface area contributed by atoms with Gasteiger partial charge in [0.15, 0.2) is 0 Å². The van der Waals surface area contributed by atoms with Crippen LogP contribution in [-0.2, 0) is 13.1 Å². The first-order valence-corrected chi connectivity index (χ1v) is 9.98. The molecular formula is C21H32N4O3. The summed E-state index contributed by atoms with van der Waals surface area (Å²) in [5.41, 5.74) is 1.17. The van der Waals surface area contributed by atoms with Gasteiger partial charge in [0.05, 0.1) is 14.2 Å². The van der Waals surface area contributed by atoms with Crippen LogP contribution >= 0.6 is 0 Å². The van der Waals surface area contributed by atoms with Crippen molar-refractivity contribution in [3.05, 3.63) is 42.2 Å². The number of aromatic nitrogens is 2. The lowest BCUT2D eigenvalue weighted by atomic mass is 10.1. The third kappa shape index (κ3) is 5.70. The van der Waals surface area contributed by atoms with Crippen LogP contribution in [0.2, 0.25) is 0 Å². The molecule has 7 nitrogen and oxygen atoms in total. The van der Waals surface area contributed by atoms with E-state index in [2.05, 4.69) is 27.0 Å². The van der Waals surface area contributed by atoms with Crippen molar-refractivity contribution in [2.75, 3.05) is 47.0 Å². The molecule has 1 aromatic carbocycles. The summed E-state index contributed by atoms with van der Waals surface area (Å²) in [5.74, 6) is 1.62. The van der Waals surface area contributed by atoms with Crippen LogP contribution in [0.3, 0.4) is 0 Å². The first kappa shape index (κ1) is 20.6. The molecule has 0 saturated carbocycles. The first-order valence-electron chi connectivity index (χ1n) is 9.98. The molecule has 2 heterocycles. The van der Waals surface area contributed by atoms with E-state index >= 15 is 0 Å². The SMILES string of the molecule is COc1cc(CN2CCN(CCCn3cccn3)C[C@@H]2CCO)cc(OC)c1. The normalized spacial score (nSPS) is 18.3. The minimum Gasteiger partial charge on any atom is -0.497 e. The Labute approximate surface area is 167 Å². The van der Waals surface area contributed by atoms with Gasteiger partial charge in [0, 0.05) is 70.4 Å². The molecule has 1 fully saturated rings. The zero-order valence-electron chi connectivity index (χ0n) is 17.0. The number of piperazine rings is 1. The summed E-state index contributed by atoms with van der Waals surface area (Å²) in [4.78, 5) is 4.97. The number of aryl methyl sites for hydroxylation is 1. The smallest absolute Gasteiger partial charge is 0.122 e. The number of rotatable bonds is 10. The molecule has 3 rings (SSSR count). The fourth-order valence-corrected chi connectivity index (χ4v) is 3.87. The summed E-state index contributed by atoms with van der Waals surface area (Å²) in [7, 11) is 3.35. The van der Waals surface area contributed by atoms with Crippen molar-refractivity contribution in [2.24, 2.45) is 0 Å². The second-order valence-electron chi connectivity index (χ2n) is 7.28. The molecular weight excluding hydrogens is 356 g/mol. The van der Waals surface area contributed by atoms with Crippen LogP contribution in [0.4, 0.5) is 0 Å². The maximum atomic E-state index is 9.56. The molecule has 0 bridgehead atoms. The first-order chi connectivity index (χ1) is 13.7. The Morgan fingerprint density at radius 2 is 1.89 bits per heavy atom. The second-order valence-corrected chi connectivity index (χ2v) is 7.28. The van der Waals surface area contributed by atoms with Crippen LogP contribution in [0.15, 0.2) is 36.7 Å². The number of benzene rings is 1. The van der Waals surface area contributed by atoms with Gasteiger partial charge in [-0.05, 0) is 36.6 Å². The molecule has 1 atom stereocenters. The van der Waals surface area contributed by atoms with Gasteiger partial charge in [-0.3, -0.25) is 9.58 Å². The number of aliphatic hydroxyl groups excluding tert-OH is 1. The van der Waals surface area contributed by atoms with Crippen molar-refractivity contribution < 1.29 is 14.6 Å². The molecule has 1 aromatic heterocycles. The topological polar surface area (TPSA) is 63.0 Å². The highest BCUT2D eigenvalue weighted by molar-refractivity contribution is 5.38. The highest BCUT2D eigenvalue weighted by Crippen LogP contribution is 2.25. The van der Waals surface area contributed by atoms with Gasteiger partial charge in [-0.1, -0.05) is 0 Å². The summed E-state index contributed by atoms with van der Waals surface area (Å²) in [5, 5.41) is 13.8. The minimum atomic E-state index is 0.212. The molecule has 0 unspecified atom stereocenters. The largest absolute Gasteiger partial charge is 0.497 e. The lowest BCUT2D eigenvalue weighted by Gasteiger charge is -2.41. The number of hydrogen-bond acceptors (Lipinski definition) is 6. The summed E-state index contributed by atoms with van der Waals surface area (Å²) in [6.07, 6.45) is 5.70. The summed E-state index contributed by atoms with van der Waals surface area (Å²) >= 11 is 0. The van der Waals surface area contributed by atoms with Gasteiger partial charge in [0.1, 0.15) is 11.5 Å². The third-order valence-corrected chi connectivity index (χ3v) is 5.37. The molecule has 1 aliphatic heterocycles. The zero-order valence-corrected chi connectivity index (χ0v) is 17.0. The van der Waals surface area contributed by atoms with Crippen molar-refractivity contribution in [1.29, 1.82) is 0 Å². The number of hydrogen-bond donors (Lipinski definition) is 1. The van der Waals surface area contributed by atoms with E-state index in [1.54, 1.807) is 14.2 Å². The van der Waals surface area contributed by atoms with Crippen LogP contribution in [-0.4, -0.2) is 77.7 Å². The Bertz CT molecular complexity index is 685. The molecule has 1 saturated heterocycles. The van der Waals surface area contributed by atoms with Crippen LogP contribution in [0, 0.1) is 0 Å². The molecule has 7 heteroatoms. The van der Waals surface area contributed by atoms with E-state index in [1.807, 2.05) is 29.2 Å². The maximum absolute atomic E-state index is 9.56. The molecule has 0 spiro atoms. The Kier molecular flexibility index (Phi) is 7.71. The summed E-state index contributed by atoms with van der Waals surface area (Å²) < 4.78 is 12.8. The second kappa shape index (κ2) is 10.5. The molecule has 28 heavy (non-hydrogen) atoms. The standard InChI is InChI=1S/C21H32N4O3/c1-27-20-13-18(14-21(15-20)28-2)16-24-11-10-23(17-19(24)5-12-26)7-4-9-25-8-3-6-22-25/h3,6,8,13-15,19,26H,4-5,7,9-12,16-17H2,1-2H3/t19-/m0/s1. The van der Waals surface area contributed by atoms with Crippen molar-refractivity contribution >= 4 is 0 Å².